The summed E-state index contributed by atoms with van der Waals surface area (Å²) in [7, 11) is 0. The molecule has 1 amide bonds. The first-order valence-electron chi connectivity index (χ1n) is 35.8. The fourth-order valence-corrected chi connectivity index (χ4v) is 11.7. The lowest BCUT2D eigenvalue weighted by Gasteiger charge is -2.48. The van der Waals surface area contributed by atoms with Crippen LogP contribution in [-0.2, 0) is 33.2 Å². The molecule has 0 aromatic heterocycles. The largest absolute Gasteiger partial charge is 0.394 e. The second-order valence-electron chi connectivity index (χ2n) is 25.3. The number of hydrogen-bond acceptors (Lipinski definition) is 18. The van der Waals surface area contributed by atoms with Gasteiger partial charge in [-0.05, 0) is 64.2 Å². The number of nitrogens with one attached hydrogen (secondary N) is 1. The Morgan fingerprint density at radius 3 is 1.13 bits per heavy atom. The van der Waals surface area contributed by atoms with Gasteiger partial charge in [0.05, 0.1) is 38.6 Å². The number of rotatable bonds is 54. The first-order chi connectivity index (χ1) is 44.8. The maximum absolute atomic E-state index is 13.4. The maximum Gasteiger partial charge on any atom is 0.220 e. The van der Waals surface area contributed by atoms with Crippen molar-refractivity contribution in [3.63, 3.8) is 0 Å². The van der Waals surface area contributed by atoms with Crippen molar-refractivity contribution in [2.24, 2.45) is 0 Å². The van der Waals surface area contributed by atoms with E-state index in [0.29, 0.717) is 25.7 Å². The fourth-order valence-electron chi connectivity index (χ4n) is 11.7. The number of carbonyl (C=O) groups is 1. The minimum atomic E-state index is -1.98. The molecule has 0 radical (unpaired) electrons. The van der Waals surface area contributed by atoms with Crippen LogP contribution in [0.2, 0.25) is 0 Å². The number of ether oxygens (including phenoxy) is 6. The molecular formula is C73H127NO18. The average Bonchev–Trinajstić information content (AvgIpc) is 0.838. The lowest BCUT2D eigenvalue weighted by atomic mass is 9.96. The van der Waals surface area contributed by atoms with Gasteiger partial charge in [-0.3, -0.25) is 4.79 Å². The first-order valence-corrected chi connectivity index (χ1v) is 35.8. The summed E-state index contributed by atoms with van der Waals surface area (Å²) in [6.45, 7) is 1.65. The highest BCUT2D eigenvalue weighted by atomic mass is 16.8. The normalized spacial score (nSPS) is 28.2. The Morgan fingerprint density at radius 1 is 0.402 bits per heavy atom. The summed E-state index contributed by atoms with van der Waals surface area (Å²) in [4.78, 5) is 13.4. The van der Waals surface area contributed by atoms with Crippen molar-refractivity contribution in [3.05, 3.63) is 85.1 Å². The summed E-state index contributed by atoms with van der Waals surface area (Å²) < 4.78 is 34.4. The number of aliphatic hydroxyl groups excluding tert-OH is 11. The molecule has 532 valence electrons. The molecule has 17 atom stereocenters. The van der Waals surface area contributed by atoms with Gasteiger partial charge in [-0.2, -0.15) is 0 Å². The molecule has 0 spiro atoms. The van der Waals surface area contributed by atoms with Gasteiger partial charge in [0.1, 0.15) is 73.2 Å². The molecule has 3 fully saturated rings. The second-order valence-corrected chi connectivity index (χ2v) is 25.3. The molecule has 19 nitrogen and oxygen atoms in total. The van der Waals surface area contributed by atoms with Crippen LogP contribution in [-0.4, -0.2) is 193 Å². The van der Waals surface area contributed by atoms with Crippen LogP contribution in [0.4, 0.5) is 0 Å². The van der Waals surface area contributed by atoms with Crippen molar-refractivity contribution in [1.29, 1.82) is 0 Å². The van der Waals surface area contributed by atoms with Crippen molar-refractivity contribution < 1.29 is 89.4 Å². The van der Waals surface area contributed by atoms with Gasteiger partial charge in [0.2, 0.25) is 5.91 Å². The minimum Gasteiger partial charge on any atom is -0.394 e. The highest BCUT2D eigenvalue weighted by Gasteiger charge is 2.53. The van der Waals surface area contributed by atoms with Crippen molar-refractivity contribution >= 4 is 5.91 Å². The summed E-state index contributed by atoms with van der Waals surface area (Å²) in [5.74, 6) is -0.301. The summed E-state index contributed by atoms with van der Waals surface area (Å²) in [6.07, 6.45) is 42.3. The molecule has 3 aliphatic rings. The van der Waals surface area contributed by atoms with Gasteiger partial charge in [-0.25, -0.2) is 0 Å². The van der Waals surface area contributed by atoms with E-state index in [1.807, 2.05) is 6.08 Å². The summed E-state index contributed by atoms with van der Waals surface area (Å²) >= 11 is 0. The molecule has 3 rings (SSSR count). The molecule has 3 heterocycles. The van der Waals surface area contributed by atoms with Crippen LogP contribution in [0.1, 0.15) is 239 Å². The molecule has 0 bridgehead atoms. The van der Waals surface area contributed by atoms with Crippen LogP contribution in [0, 0.1) is 0 Å². The molecule has 19 heteroatoms. The molecule has 3 aliphatic heterocycles. The third-order valence-corrected chi connectivity index (χ3v) is 17.5. The van der Waals surface area contributed by atoms with Crippen LogP contribution >= 0.6 is 0 Å². The predicted molar refractivity (Wildman–Crippen MR) is 360 cm³/mol. The van der Waals surface area contributed by atoms with E-state index in [9.17, 15) is 61.0 Å². The fraction of sp³-hybridized carbons (Fsp3) is 0.795. The number of amides is 1. The minimum absolute atomic E-state index is 0.182. The van der Waals surface area contributed by atoms with Crippen molar-refractivity contribution in [2.75, 3.05) is 26.4 Å². The Bertz CT molecular complexity index is 2000. The molecule has 3 saturated heterocycles. The first kappa shape index (κ1) is 83.2. The zero-order valence-electron chi connectivity index (χ0n) is 56.3. The molecule has 0 aromatic rings. The highest BCUT2D eigenvalue weighted by Crippen LogP contribution is 2.33. The molecule has 0 aliphatic carbocycles. The predicted octanol–water partition coefficient (Wildman–Crippen LogP) is 9.88. The van der Waals surface area contributed by atoms with Crippen molar-refractivity contribution in [2.45, 2.75) is 343 Å². The van der Waals surface area contributed by atoms with Gasteiger partial charge in [0.25, 0.3) is 0 Å². The zero-order chi connectivity index (χ0) is 66.8. The van der Waals surface area contributed by atoms with Gasteiger partial charge in [-0.1, -0.05) is 253 Å². The maximum atomic E-state index is 13.4. The van der Waals surface area contributed by atoms with E-state index in [2.05, 4.69) is 98.2 Å². The number of hydrogen-bond donors (Lipinski definition) is 12. The smallest absolute Gasteiger partial charge is 0.220 e. The molecule has 0 aromatic carbocycles. The quantitative estimate of drug-likeness (QED) is 0.0199. The van der Waals surface area contributed by atoms with Gasteiger partial charge < -0.3 is 89.9 Å². The standard InChI is InChI=1S/C73H127NO18/c1-3-5-7-9-11-13-15-17-19-21-23-25-27-29-30-32-34-36-38-40-42-44-46-48-50-57(78)56(74-61(79)51-49-47-45-43-41-39-37-35-33-31-28-26-24-22-20-18-16-14-12-10-8-6-4-2)55-87-71-67(85)64(82)69(59(53-76)89-71)92-73-68(86)65(83)70(60(54-77)90-73)91-72-66(84)63(81)62(80)58(52-75)88-72/h6,8,12,14,18,20,24,26,31,33,37,39,43,45,56-60,62-73,75-78,80-86H,3-5,7,9-11,13,15-17,19,21-23,25,27-30,32,34-36,38,40-42,44,46-55H2,1-2H3,(H,74,79)/b8-6-,14-12-,20-18-,26-24-,33-31-,39-37-,45-43-. The van der Waals surface area contributed by atoms with E-state index in [0.717, 1.165) is 64.2 Å². The summed E-state index contributed by atoms with van der Waals surface area (Å²) in [5.41, 5.74) is 0. The third kappa shape index (κ3) is 35.3. The topological polar surface area (TPSA) is 307 Å². The van der Waals surface area contributed by atoms with Crippen LogP contribution < -0.4 is 5.32 Å². The number of carbonyl (C=O) groups excluding carboxylic acids is 1. The molecular weight excluding hydrogens is 1180 g/mol. The Morgan fingerprint density at radius 2 is 0.739 bits per heavy atom. The second kappa shape index (κ2) is 54.0. The van der Waals surface area contributed by atoms with Gasteiger partial charge in [-0.15, -0.1) is 0 Å². The van der Waals surface area contributed by atoms with Crippen LogP contribution in [0.5, 0.6) is 0 Å². The van der Waals surface area contributed by atoms with E-state index < -0.39 is 124 Å². The zero-order valence-corrected chi connectivity index (χ0v) is 56.3. The van der Waals surface area contributed by atoms with Crippen molar-refractivity contribution in [3.8, 4) is 0 Å². The van der Waals surface area contributed by atoms with Gasteiger partial charge >= 0.3 is 0 Å². The van der Waals surface area contributed by atoms with Crippen molar-refractivity contribution in [1.82, 2.24) is 5.32 Å². The highest BCUT2D eigenvalue weighted by molar-refractivity contribution is 5.76. The monoisotopic (exact) mass is 1310 g/mol. The third-order valence-electron chi connectivity index (χ3n) is 17.5. The Hall–Kier alpha value is -3.03. The number of aliphatic hydroxyl groups is 11. The SMILES string of the molecule is CC/C=C\C/C=C\C/C=C\C/C=C\C/C=C\C/C=C\C/C=C\CCCC(=O)NC(COC1OC(CO)C(OC2OC(CO)C(OC3OC(CO)C(O)C(O)C3O)C(O)C2O)C(O)C1O)C(O)CCCCCCCCCCCCCCCCCCCCCCCCCC. The lowest BCUT2D eigenvalue weighted by Crippen LogP contribution is -2.66. The summed E-state index contributed by atoms with van der Waals surface area (Å²) in [5, 5.41) is 121. The van der Waals surface area contributed by atoms with E-state index in [1.54, 1.807) is 0 Å². The van der Waals surface area contributed by atoms with E-state index >= 15 is 0 Å². The van der Waals surface area contributed by atoms with Crippen LogP contribution in [0.15, 0.2) is 85.1 Å². The molecule has 0 saturated carbocycles. The Balaban J connectivity index is 1.45. The molecule has 17 unspecified atom stereocenters. The average molecular weight is 1310 g/mol. The van der Waals surface area contributed by atoms with Gasteiger partial charge in [0, 0.05) is 6.42 Å². The number of unbranched alkanes of at least 4 members (excludes halogenated alkanes) is 24. The van der Waals surface area contributed by atoms with E-state index in [4.69, 9.17) is 28.4 Å². The van der Waals surface area contributed by atoms with Crippen LogP contribution in [0.25, 0.3) is 0 Å². The number of allylic oxidation sites excluding steroid dienone is 14. The van der Waals surface area contributed by atoms with E-state index in [-0.39, 0.29) is 18.9 Å². The Kier molecular flexibility index (Phi) is 48.9. The molecule has 92 heavy (non-hydrogen) atoms. The van der Waals surface area contributed by atoms with E-state index in [1.165, 1.54) is 128 Å². The van der Waals surface area contributed by atoms with Gasteiger partial charge in [0.15, 0.2) is 18.9 Å². The lowest BCUT2D eigenvalue weighted by molar-refractivity contribution is -0.379. The van der Waals surface area contributed by atoms with Crippen LogP contribution in [0.3, 0.4) is 0 Å². The summed E-state index contributed by atoms with van der Waals surface area (Å²) in [6, 6.07) is -0.925. The Labute approximate surface area is 552 Å². The molecule has 12 N–H and O–H groups in total.